The van der Waals surface area contributed by atoms with E-state index in [1.807, 2.05) is 29.2 Å². The van der Waals surface area contributed by atoms with Gasteiger partial charge in [0, 0.05) is 50.3 Å². The van der Waals surface area contributed by atoms with Gasteiger partial charge in [0.25, 0.3) is 5.91 Å². The highest BCUT2D eigenvalue weighted by Crippen LogP contribution is 2.33. The van der Waals surface area contributed by atoms with Gasteiger partial charge in [-0.2, -0.15) is 0 Å². The van der Waals surface area contributed by atoms with Gasteiger partial charge >= 0.3 is 0 Å². The molecule has 2 aromatic rings. The minimum Gasteiger partial charge on any atom is -0.382 e. The number of hydrogen-bond acceptors (Lipinski definition) is 5. The number of nitrogens with one attached hydrogen (secondary N) is 1. The lowest BCUT2D eigenvalue weighted by molar-refractivity contribution is 0.0398. The third-order valence-corrected chi connectivity index (χ3v) is 5.27. The Hall–Kier alpha value is -2.44. The topological polar surface area (TPSA) is 57.7 Å². The number of pyridine rings is 1. The Morgan fingerprint density at radius 1 is 1.26 bits per heavy atom. The van der Waals surface area contributed by atoms with Crippen LogP contribution in [0.25, 0.3) is 0 Å². The van der Waals surface area contributed by atoms with E-state index in [1.165, 1.54) is 5.56 Å². The van der Waals surface area contributed by atoms with Crippen molar-refractivity contribution in [2.45, 2.75) is 19.4 Å². The average Bonchev–Trinajstić information content (AvgIpc) is 3.04. The van der Waals surface area contributed by atoms with Crippen molar-refractivity contribution in [2.75, 3.05) is 49.6 Å². The zero-order valence-electron chi connectivity index (χ0n) is 15.7. The number of carbonyl (C=O) groups excluding carboxylic acids is 1. The van der Waals surface area contributed by atoms with Gasteiger partial charge in [-0.05, 0) is 31.0 Å². The van der Waals surface area contributed by atoms with Crippen molar-refractivity contribution in [3.63, 3.8) is 0 Å². The molecule has 1 aromatic carbocycles. The van der Waals surface area contributed by atoms with Crippen molar-refractivity contribution in [3.05, 3.63) is 53.9 Å². The fraction of sp³-hybridized carbons (Fsp3) is 0.429. The summed E-state index contributed by atoms with van der Waals surface area (Å²) in [6, 6.07) is 10.2. The van der Waals surface area contributed by atoms with Crippen LogP contribution in [0.3, 0.4) is 0 Å². The number of nitrogens with zero attached hydrogens (tertiary/aromatic N) is 3. The standard InChI is InChI=1S/C21H26N4O2/c1-16-12-17-4-2-3-5-20(17)25(16)21(26)18-13-19(15-22-14-18)23-6-7-24-8-10-27-11-9-24/h2-5,13-16,23H,6-12H2,1H3. The fourth-order valence-electron chi connectivity index (χ4n) is 3.85. The number of hydrogen-bond donors (Lipinski definition) is 1. The summed E-state index contributed by atoms with van der Waals surface area (Å²) in [6.07, 6.45) is 4.33. The van der Waals surface area contributed by atoms with Crippen LogP contribution < -0.4 is 10.2 Å². The van der Waals surface area contributed by atoms with Gasteiger partial charge in [0.2, 0.25) is 0 Å². The lowest BCUT2D eigenvalue weighted by Gasteiger charge is -2.26. The molecule has 27 heavy (non-hydrogen) atoms. The lowest BCUT2D eigenvalue weighted by Crippen LogP contribution is -2.39. The molecule has 2 aliphatic heterocycles. The normalized spacial score (nSPS) is 19.7. The number of fused-ring (bicyclic) bond motifs is 1. The third-order valence-electron chi connectivity index (χ3n) is 5.27. The van der Waals surface area contributed by atoms with Crippen LogP contribution in [0.15, 0.2) is 42.7 Å². The quantitative estimate of drug-likeness (QED) is 0.881. The van der Waals surface area contributed by atoms with Crippen LogP contribution in [0.5, 0.6) is 0 Å². The van der Waals surface area contributed by atoms with Crippen molar-refractivity contribution in [1.29, 1.82) is 0 Å². The molecule has 4 rings (SSSR count). The first-order valence-corrected chi connectivity index (χ1v) is 9.63. The summed E-state index contributed by atoms with van der Waals surface area (Å²) in [6.45, 7) is 7.44. The van der Waals surface area contributed by atoms with Gasteiger partial charge < -0.3 is 15.0 Å². The number of carbonyl (C=O) groups is 1. The highest BCUT2D eigenvalue weighted by molar-refractivity contribution is 6.08. The molecule has 6 nitrogen and oxygen atoms in total. The number of morpholine rings is 1. The molecule has 1 saturated heterocycles. The number of ether oxygens (including phenoxy) is 1. The van der Waals surface area contributed by atoms with Gasteiger partial charge in [0.15, 0.2) is 0 Å². The molecule has 0 spiro atoms. The molecule has 1 aromatic heterocycles. The molecule has 142 valence electrons. The maximum absolute atomic E-state index is 13.1. The first-order valence-electron chi connectivity index (χ1n) is 9.63. The smallest absolute Gasteiger partial charge is 0.260 e. The van der Waals surface area contributed by atoms with Crippen LogP contribution in [0.2, 0.25) is 0 Å². The van der Waals surface area contributed by atoms with Gasteiger partial charge in [0.1, 0.15) is 0 Å². The molecule has 1 amide bonds. The molecule has 0 radical (unpaired) electrons. The molecule has 0 aliphatic carbocycles. The molecule has 2 aliphatic rings. The predicted molar refractivity (Wildman–Crippen MR) is 106 cm³/mol. The van der Waals surface area contributed by atoms with E-state index in [2.05, 4.69) is 28.2 Å². The Labute approximate surface area is 160 Å². The summed E-state index contributed by atoms with van der Waals surface area (Å²) in [4.78, 5) is 21.7. The number of anilines is 2. The molecule has 1 unspecified atom stereocenters. The Bertz CT molecular complexity index is 804. The maximum atomic E-state index is 13.1. The number of para-hydroxylation sites is 1. The largest absolute Gasteiger partial charge is 0.382 e. The molecule has 6 heteroatoms. The summed E-state index contributed by atoms with van der Waals surface area (Å²) < 4.78 is 5.37. The summed E-state index contributed by atoms with van der Waals surface area (Å²) in [5.41, 5.74) is 3.75. The van der Waals surface area contributed by atoms with E-state index in [9.17, 15) is 4.79 Å². The summed E-state index contributed by atoms with van der Waals surface area (Å²) in [5, 5.41) is 3.39. The Morgan fingerprint density at radius 2 is 2.07 bits per heavy atom. The van der Waals surface area contributed by atoms with Crippen molar-refractivity contribution < 1.29 is 9.53 Å². The Morgan fingerprint density at radius 3 is 2.93 bits per heavy atom. The van der Waals surface area contributed by atoms with Crippen molar-refractivity contribution in [1.82, 2.24) is 9.88 Å². The summed E-state index contributed by atoms with van der Waals surface area (Å²) in [5.74, 6) is 0.0109. The maximum Gasteiger partial charge on any atom is 0.260 e. The SMILES string of the molecule is CC1Cc2ccccc2N1C(=O)c1cncc(NCCN2CCOCC2)c1. The summed E-state index contributed by atoms with van der Waals surface area (Å²) in [7, 11) is 0. The predicted octanol–water partition coefficient (Wildman–Crippen LogP) is 2.42. The Balaban J connectivity index is 1.42. The number of rotatable bonds is 5. The van der Waals surface area contributed by atoms with E-state index in [-0.39, 0.29) is 11.9 Å². The van der Waals surface area contributed by atoms with Crippen molar-refractivity contribution in [2.24, 2.45) is 0 Å². The minimum absolute atomic E-state index is 0.0109. The van der Waals surface area contributed by atoms with Gasteiger partial charge in [-0.3, -0.25) is 14.7 Å². The molecule has 0 saturated carbocycles. The second kappa shape index (κ2) is 8.06. The molecule has 0 bridgehead atoms. The third kappa shape index (κ3) is 3.96. The number of amides is 1. The molecular weight excluding hydrogens is 340 g/mol. The monoisotopic (exact) mass is 366 g/mol. The first kappa shape index (κ1) is 17.9. The zero-order chi connectivity index (χ0) is 18.6. The zero-order valence-corrected chi connectivity index (χ0v) is 15.7. The average molecular weight is 366 g/mol. The molecule has 1 fully saturated rings. The van der Waals surface area contributed by atoms with Gasteiger partial charge in [-0.1, -0.05) is 18.2 Å². The second-order valence-electron chi connectivity index (χ2n) is 7.20. The highest BCUT2D eigenvalue weighted by atomic mass is 16.5. The highest BCUT2D eigenvalue weighted by Gasteiger charge is 2.31. The van der Waals surface area contributed by atoms with E-state index in [4.69, 9.17) is 4.74 Å². The molecule has 3 heterocycles. The van der Waals surface area contributed by atoms with Gasteiger partial charge in [0.05, 0.1) is 24.5 Å². The van der Waals surface area contributed by atoms with Gasteiger partial charge in [-0.15, -0.1) is 0 Å². The van der Waals surface area contributed by atoms with Crippen LogP contribution in [0, 0.1) is 0 Å². The van der Waals surface area contributed by atoms with Crippen LogP contribution in [0.1, 0.15) is 22.8 Å². The fourth-order valence-corrected chi connectivity index (χ4v) is 3.85. The van der Waals surface area contributed by atoms with Crippen molar-refractivity contribution in [3.8, 4) is 0 Å². The lowest BCUT2D eigenvalue weighted by atomic mass is 10.1. The minimum atomic E-state index is 0.0109. The van der Waals surface area contributed by atoms with Crippen molar-refractivity contribution >= 4 is 17.3 Å². The number of aromatic nitrogens is 1. The van der Waals surface area contributed by atoms with E-state index in [0.717, 1.165) is 57.2 Å². The Kier molecular flexibility index (Phi) is 5.36. The first-order chi connectivity index (χ1) is 13.2. The molecular formula is C21H26N4O2. The van der Waals surface area contributed by atoms with E-state index >= 15 is 0 Å². The van der Waals surface area contributed by atoms with E-state index < -0.39 is 0 Å². The second-order valence-corrected chi connectivity index (χ2v) is 7.20. The van der Waals surface area contributed by atoms with Crippen LogP contribution in [-0.4, -0.2) is 61.2 Å². The van der Waals surface area contributed by atoms with Crippen LogP contribution in [-0.2, 0) is 11.2 Å². The van der Waals surface area contributed by atoms with E-state index in [0.29, 0.717) is 5.56 Å². The van der Waals surface area contributed by atoms with Crippen LogP contribution >= 0.6 is 0 Å². The van der Waals surface area contributed by atoms with Gasteiger partial charge in [-0.25, -0.2) is 0 Å². The summed E-state index contributed by atoms with van der Waals surface area (Å²) >= 11 is 0. The molecule has 1 atom stereocenters. The number of benzene rings is 1. The molecule has 1 N–H and O–H groups in total. The van der Waals surface area contributed by atoms with Crippen LogP contribution in [0.4, 0.5) is 11.4 Å². The van der Waals surface area contributed by atoms with E-state index in [1.54, 1.807) is 12.4 Å².